The Morgan fingerprint density at radius 3 is 2.52 bits per heavy atom. The third-order valence-electron chi connectivity index (χ3n) is 4.78. The zero-order chi connectivity index (χ0) is 19.4. The molecule has 0 unspecified atom stereocenters. The van der Waals surface area contributed by atoms with Crippen LogP contribution in [0.4, 0.5) is 10.1 Å². The summed E-state index contributed by atoms with van der Waals surface area (Å²) < 4.78 is 40.4. The van der Waals surface area contributed by atoms with Crippen LogP contribution < -0.4 is 5.32 Å². The van der Waals surface area contributed by atoms with Crippen molar-refractivity contribution < 1.29 is 17.6 Å². The molecule has 7 heteroatoms. The second-order valence-corrected chi connectivity index (χ2v) is 8.86. The van der Waals surface area contributed by atoms with Crippen molar-refractivity contribution in [3.8, 4) is 0 Å². The molecule has 1 aliphatic rings. The van der Waals surface area contributed by atoms with Crippen LogP contribution >= 0.6 is 0 Å². The van der Waals surface area contributed by atoms with E-state index in [1.807, 2.05) is 25.1 Å². The Kier molecular flexibility index (Phi) is 5.92. The number of amides is 1. The summed E-state index contributed by atoms with van der Waals surface area (Å²) in [5.41, 5.74) is 1.93. The van der Waals surface area contributed by atoms with Gasteiger partial charge in [0.05, 0.1) is 11.4 Å². The lowest BCUT2D eigenvalue weighted by atomic mass is 9.97. The van der Waals surface area contributed by atoms with Gasteiger partial charge in [-0.15, -0.1) is 0 Å². The zero-order valence-corrected chi connectivity index (χ0v) is 16.0. The van der Waals surface area contributed by atoms with Crippen molar-refractivity contribution in [2.75, 3.05) is 18.4 Å². The SMILES string of the molecule is Cc1cccc(CS(=O)(=O)N2CCC(C(=O)Nc3ccccc3F)CC2)c1. The first-order chi connectivity index (χ1) is 12.8. The molecule has 1 fully saturated rings. The molecular weight excluding hydrogens is 367 g/mol. The summed E-state index contributed by atoms with van der Waals surface area (Å²) >= 11 is 0. The molecule has 1 saturated heterocycles. The number of benzene rings is 2. The number of nitrogens with one attached hydrogen (secondary N) is 1. The Labute approximate surface area is 159 Å². The minimum atomic E-state index is -3.43. The zero-order valence-electron chi connectivity index (χ0n) is 15.2. The molecule has 0 radical (unpaired) electrons. The van der Waals surface area contributed by atoms with Crippen molar-refractivity contribution in [3.05, 3.63) is 65.5 Å². The Hall–Kier alpha value is -2.25. The van der Waals surface area contributed by atoms with Gasteiger partial charge >= 0.3 is 0 Å². The molecular formula is C20H23FN2O3S. The molecule has 1 N–H and O–H groups in total. The number of nitrogens with zero attached hydrogens (tertiary/aromatic N) is 1. The number of piperidine rings is 1. The highest BCUT2D eigenvalue weighted by atomic mass is 32.2. The fourth-order valence-electron chi connectivity index (χ4n) is 3.30. The summed E-state index contributed by atoms with van der Waals surface area (Å²) in [6, 6.07) is 13.5. The van der Waals surface area contributed by atoms with E-state index in [0.717, 1.165) is 11.1 Å². The van der Waals surface area contributed by atoms with Crippen LogP contribution in [0, 0.1) is 18.7 Å². The molecule has 2 aromatic carbocycles. The minimum absolute atomic E-state index is 0.0409. The summed E-state index contributed by atoms with van der Waals surface area (Å²) in [5.74, 6) is -1.12. The number of halogens is 1. The van der Waals surface area contributed by atoms with Gasteiger partial charge < -0.3 is 5.32 Å². The van der Waals surface area contributed by atoms with Crippen LogP contribution in [-0.4, -0.2) is 31.7 Å². The number of para-hydroxylation sites is 1. The van der Waals surface area contributed by atoms with Crippen molar-refractivity contribution in [3.63, 3.8) is 0 Å². The number of carbonyl (C=O) groups excluding carboxylic acids is 1. The van der Waals surface area contributed by atoms with Gasteiger partial charge in [-0.1, -0.05) is 42.0 Å². The van der Waals surface area contributed by atoms with Crippen molar-refractivity contribution in [2.24, 2.45) is 5.92 Å². The molecule has 1 aliphatic heterocycles. The molecule has 0 saturated carbocycles. The van der Waals surface area contributed by atoms with E-state index in [9.17, 15) is 17.6 Å². The van der Waals surface area contributed by atoms with Gasteiger partial charge in [0.25, 0.3) is 0 Å². The van der Waals surface area contributed by atoms with E-state index in [2.05, 4.69) is 5.32 Å². The maximum atomic E-state index is 13.7. The molecule has 5 nitrogen and oxygen atoms in total. The maximum absolute atomic E-state index is 13.7. The van der Waals surface area contributed by atoms with Crippen LogP contribution in [0.25, 0.3) is 0 Å². The van der Waals surface area contributed by atoms with Gasteiger partial charge in [-0.2, -0.15) is 0 Å². The lowest BCUT2D eigenvalue weighted by molar-refractivity contribution is -0.120. The molecule has 3 rings (SSSR count). The smallest absolute Gasteiger partial charge is 0.227 e. The average molecular weight is 390 g/mol. The molecule has 1 amide bonds. The first-order valence-electron chi connectivity index (χ1n) is 8.94. The molecule has 0 aromatic heterocycles. The molecule has 0 atom stereocenters. The second kappa shape index (κ2) is 8.19. The topological polar surface area (TPSA) is 66.5 Å². The van der Waals surface area contributed by atoms with Gasteiger partial charge in [0.1, 0.15) is 5.82 Å². The molecule has 27 heavy (non-hydrogen) atoms. The van der Waals surface area contributed by atoms with E-state index >= 15 is 0 Å². The summed E-state index contributed by atoms with van der Waals surface area (Å²) in [6.07, 6.45) is 0.848. The predicted octanol–water partition coefficient (Wildman–Crippen LogP) is 3.31. The third kappa shape index (κ3) is 4.93. The van der Waals surface area contributed by atoms with E-state index in [0.29, 0.717) is 25.9 Å². The lowest BCUT2D eigenvalue weighted by Crippen LogP contribution is -2.41. The third-order valence-corrected chi connectivity index (χ3v) is 6.63. The van der Waals surface area contributed by atoms with Gasteiger partial charge in [-0.25, -0.2) is 17.1 Å². The van der Waals surface area contributed by atoms with E-state index in [-0.39, 0.29) is 23.3 Å². The number of anilines is 1. The van der Waals surface area contributed by atoms with Crippen LogP contribution in [0.1, 0.15) is 24.0 Å². The van der Waals surface area contributed by atoms with E-state index < -0.39 is 15.8 Å². The Bertz CT molecular complexity index is 922. The van der Waals surface area contributed by atoms with Crippen LogP contribution in [0.3, 0.4) is 0 Å². The van der Waals surface area contributed by atoms with E-state index in [4.69, 9.17) is 0 Å². The summed E-state index contributed by atoms with van der Waals surface area (Å²) in [7, 11) is -3.43. The second-order valence-electron chi connectivity index (χ2n) is 6.89. The van der Waals surface area contributed by atoms with Gasteiger partial charge in [-0.3, -0.25) is 4.79 Å². The fraction of sp³-hybridized carbons (Fsp3) is 0.350. The first-order valence-corrected chi connectivity index (χ1v) is 10.5. The van der Waals surface area contributed by atoms with Crippen LogP contribution in [0.5, 0.6) is 0 Å². The molecule has 0 bridgehead atoms. The highest BCUT2D eigenvalue weighted by molar-refractivity contribution is 7.88. The van der Waals surface area contributed by atoms with Crippen molar-refractivity contribution in [1.82, 2.24) is 4.31 Å². The number of hydrogen-bond donors (Lipinski definition) is 1. The maximum Gasteiger partial charge on any atom is 0.227 e. The van der Waals surface area contributed by atoms with Crippen molar-refractivity contribution in [1.29, 1.82) is 0 Å². The number of rotatable bonds is 5. The number of aryl methyl sites for hydroxylation is 1. The Morgan fingerprint density at radius 1 is 1.15 bits per heavy atom. The highest BCUT2D eigenvalue weighted by Gasteiger charge is 2.31. The van der Waals surface area contributed by atoms with E-state index in [1.54, 1.807) is 18.2 Å². The van der Waals surface area contributed by atoms with Gasteiger partial charge in [0.2, 0.25) is 15.9 Å². The van der Waals surface area contributed by atoms with E-state index in [1.165, 1.54) is 16.4 Å². The molecule has 0 aliphatic carbocycles. The molecule has 2 aromatic rings. The molecule has 0 spiro atoms. The first kappa shape index (κ1) is 19.5. The molecule has 1 heterocycles. The van der Waals surface area contributed by atoms with Crippen LogP contribution in [0.2, 0.25) is 0 Å². The summed E-state index contributed by atoms with van der Waals surface area (Å²) in [6.45, 7) is 2.52. The van der Waals surface area contributed by atoms with Gasteiger partial charge in [0, 0.05) is 19.0 Å². The van der Waals surface area contributed by atoms with Crippen molar-refractivity contribution >= 4 is 21.6 Å². The highest BCUT2D eigenvalue weighted by Crippen LogP contribution is 2.24. The predicted molar refractivity (Wildman–Crippen MR) is 103 cm³/mol. The standard InChI is InChI=1S/C20H23FN2O3S/c1-15-5-4-6-16(13-15)14-27(25,26)23-11-9-17(10-12-23)20(24)22-19-8-3-2-7-18(19)21/h2-8,13,17H,9-12,14H2,1H3,(H,22,24). The number of hydrogen-bond acceptors (Lipinski definition) is 3. The largest absolute Gasteiger partial charge is 0.323 e. The van der Waals surface area contributed by atoms with Crippen LogP contribution in [0.15, 0.2) is 48.5 Å². The fourth-order valence-corrected chi connectivity index (χ4v) is 4.85. The van der Waals surface area contributed by atoms with Gasteiger partial charge in [0.15, 0.2) is 0 Å². The lowest BCUT2D eigenvalue weighted by Gasteiger charge is -2.30. The quantitative estimate of drug-likeness (QED) is 0.852. The monoisotopic (exact) mass is 390 g/mol. The van der Waals surface area contributed by atoms with Crippen molar-refractivity contribution in [2.45, 2.75) is 25.5 Å². The van der Waals surface area contributed by atoms with Gasteiger partial charge in [-0.05, 0) is 37.5 Å². The number of sulfonamides is 1. The Morgan fingerprint density at radius 2 is 1.85 bits per heavy atom. The van der Waals surface area contributed by atoms with Crippen LogP contribution in [-0.2, 0) is 20.6 Å². The summed E-state index contributed by atoms with van der Waals surface area (Å²) in [5, 5.41) is 2.60. The summed E-state index contributed by atoms with van der Waals surface area (Å²) in [4.78, 5) is 12.4. The number of carbonyl (C=O) groups is 1. The Balaban J connectivity index is 1.58. The minimum Gasteiger partial charge on any atom is -0.323 e. The molecule has 144 valence electrons. The normalized spacial score (nSPS) is 16.2. The average Bonchev–Trinajstić information content (AvgIpc) is 2.63.